The molecule has 0 aliphatic carbocycles. The minimum absolute atomic E-state index is 0.0443. The summed E-state index contributed by atoms with van der Waals surface area (Å²) < 4.78 is 7.36. The lowest BCUT2D eigenvalue weighted by Crippen LogP contribution is -2.20. The highest BCUT2D eigenvalue weighted by atomic mass is 32.2. The Balaban J connectivity index is 1.69. The lowest BCUT2D eigenvalue weighted by Gasteiger charge is -2.22. The van der Waals surface area contributed by atoms with Crippen LogP contribution in [0.4, 0.5) is 5.69 Å². The summed E-state index contributed by atoms with van der Waals surface area (Å²) in [6, 6.07) is 11.6. The van der Waals surface area contributed by atoms with E-state index in [1.165, 1.54) is 11.8 Å². The smallest absolute Gasteiger partial charge is 0.234 e. The third kappa shape index (κ3) is 4.42. The van der Waals surface area contributed by atoms with E-state index in [4.69, 9.17) is 4.42 Å². The molecule has 2 heterocycles. The number of aromatic nitrogens is 3. The number of para-hydroxylation sites is 1. The number of hydrogen-bond donors (Lipinski definition) is 1. The lowest BCUT2D eigenvalue weighted by molar-refractivity contribution is -0.113. The number of anilines is 1. The van der Waals surface area contributed by atoms with Crippen LogP contribution in [0.2, 0.25) is 0 Å². The third-order valence-corrected chi connectivity index (χ3v) is 5.08. The molecule has 0 saturated carbocycles. The fraction of sp³-hybridized carbons (Fsp3) is 0.350. The molecule has 0 spiro atoms. The zero-order valence-corrected chi connectivity index (χ0v) is 16.8. The second-order valence-electron chi connectivity index (χ2n) is 7.16. The topological polar surface area (TPSA) is 73.0 Å². The van der Waals surface area contributed by atoms with Crippen molar-refractivity contribution < 1.29 is 9.21 Å². The average Bonchev–Trinajstić information content (AvgIpc) is 3.28. The van der Waals surface area contributed by atoms with Crippen LogP contribution in [0.5, 0.6) is 0 Å². The number of carbonyl (C=O) groups is 1. The van der Waals surface area contributed by atoms with E-state index in [0.717, 1.165) is 11.3 Å². The van der Waals surface area contributed by atoms with Gasteiger partial charge >= 0.3 is 0 Å². The Morgan fingerprint density at radius 3 is 2.63 bits per heavy atom. The van der Waals surface area contributed by atoms with Crippen LogP contribution in [0.25, 0.3) is 11.6 Å². The number of hydrogen-bond acceptors (Lipinski definition) is 5. The minimum Gasteiger partial charge on any atom is -0.461 e. The SMILES string of the molecule is CCn1c(SCC(=O)Nc2ccccc2C(C)(C)C)nnc1-c1ccco1. The highest BCUT2D eigenvalue weighted by Gasteiger charge is 2.20. The van der Waals surface area contributed by atoms with Crippen LogP contribution in [0, 0.1) is 0 Å². The van der Waals surface area contributed by atoms with Crippen molar-refractivity contribution in [3.8, 4) is 11.6 Å². The highest BCUT2D eigenvalue weighted by Crippen LogP contribution is 2.30. The van der Waals surface area contributed by atoms with Crippen molar-refractivity contribution in [3.05, 3.63) is 48.2 Å². The van der Waals surface area contributed by atoms with Gasteiger partial charge in [-0.3, -0.25) is 9.36 Å². The summed E-state index contributed by atoms with van der Waals surface area (Å²) in [4.78, 5) is 12.5. The van der Waals surface area contributed by atoms with Crippen LogP contribution in [0.1, 0.15) is 33.3 Å². The monoisotopic (exact) mass is 384 g/mol. The van der Waals surface area contributed by atoms with Gasteiger partial charge in [0.2, 0.25) is 5.91 Å². The summed E-state index contributed by atoms with van der Waals surface area (Å²) in [6.45, 7) is 9.10. The van der Waals surface area contributed by atoms with Crippen LogP contribution in [-0.4, -0.2) is 26.4 Å². The summed E-state index contributed by atoms with van der Waals surface area (Å²) in [6.07, 6.45) is 1.61. The Bertz CT molecular complexity index is 910. The van der Waals surface area contributed by atoms with Crippen molar-refractivity contribution in [2.45, 2.75) is 44.8 Å². The summed E-state index contributed by atoms with van der Waals surface area (Å²) in [7, 11) is 0. The first-order valence-electron chi connectivity index (χ1n) is 8.89. The quantitative estimate of drug-likeness (QED) is 0.630. The van der Waals surface area contributed by atoms with Crippen molar-refractivity contribution in [2.24, 2.45) is 0 Å². The molecule has 0 fully saturated rings. The van der Waals surface area contributed by atoms with Crippen LogP contribution < -0.4 is 5.32 Å². The molecule has 1 aromatic carbocycles. The first-order chi connectivity index (χ1) is 12.9. The predicted molar refractivity (Wildman–Crippen MR) is 108 cm³/mol. The van der Waals surface area contributed by atoms with E-state index in [0.29, 0.717) is 23.3 Å². The Morgan fingerprint density at radius 2 is 1.96 bits per heavy atom. The van der Waals surface area contributed by atoms with Gasteiger partial charge in [-0.1, -0.05) is 50.7 Å². The van der Waals surface area contributed by atoms with E-state index in [1.807, 2.05) is 47.9 Å². The van der Waals surface area contributed by atoms with Crippen LogP contribution in [-0.2, 0) is 16.8 Å². The molecule has 142 valence electrons. The van der Waals surface area contributed by atoms with Crippen molar-refractivity contribution in [1.29, 1.82) is 0 Å². The first kappa shape index (κ1) is 19.2. The number of nitrogens with one attached hydrogen (secondary N) is 1. The molecule has 2 aromatic heterocycles. The normalized spacial score (nSPS) is 11.6. The Labute approximate surface area is 163 Å². The predicted octanol–water partition coefficient (Wildman–Crippen LogP) is 4.59. The van der Waals surface area contributed by atoms with Gasteiger partial charge in [-0.15, -0.1) is 10.2 Å². The van der Waals surface area contributed by atoms with Crippen LogP contribution in [0.15, 0.2) is 52.2 Å². The van der Waals surface area contributed by atoms with Crippen LogP contribution in [0.3, 0.4) is 0 Å². The number of furan rings is 1. The van der Waals surface area contributed by atoms with Gasteiger partial charge in [0.1, 0.15) is 0 Å². The van der Waals surface area contributed by atoms with E-state index in [-0.39, 0.29) is 17.1 Å². The molecule has 0 bridgehead atoms. The molecule has 0 unspecified atom stereocenters. The number of benzene rings is 1. The summed E-state index contributed by atoms with van der Waals surface area (Å²) in [5.74, 6) is 1.53. The van der Waals surface area contributed by atoms with Gasteiger partial charge < -0.3 is 9.73 Å². The first-order valence-corrected chi connectivity index (χ1v) is 9.88. The number of rotatable bonds is 6. The molecule has 1 amide bonds. The van der Waals surface area contributed by atoms with Crippen molar-refractivity contribution in [2.75, 3.05) is 11.1 Å². The Hall–Kier alpha value is -2.54. The van der Waals surface area contributed by atoms with Crippen molar-refractivity contribution in [1.82, 2.24) is 14.8 Å². The van der Waals surface area contributed by atoms with Gasteiger partial charge in [0.15, 0.2) is 16.7 Å². The van der Waals surface area contributed by atoms with Gasteiger partial charge in [-0.2, -0.15) is 0 Å². The number of carbonyl (C=O) groups excluding carboxylic acids is 1. The molecule has 1 N–H and O–H groups in total. The van der Waals surface area contributed by atoms with Crippen molar-refractivity contribution in [3.63, 3.8) is 0 Å². The molecular formula is C20H24N4O2S. The molecule has 3 aromatic rings. The maximum Gasteiger partial charge on any atom is 0.234 e. The van der Waals surface area contributed by atoms with Gasteiger partial charge in [-0.05, 0) is 36.1 Å². The second-order valence-corrected chi connectivity index (χ2v) is 8.10. The summed E-state index contributed by atoms with van der Waals surface area (Å²) >= 11 is 1.37. The van der Waals surface area contributed by atoms with Gasteiger partial charge in [-0.25, -0.2) is 0 Å². The molecule has 6 nitrogen and oxygen atoms in total. The zero-order valence-electron chi connectivity index (χ0n) is 16.0. The lowest BCUT2D eigenvalue weighted by atomic mass is 9.86. The summed E-state index contributed by atoms with van der Waals surface area (Å²) in [5.41, 5.74) is 1.92. The van der Waals surface area contributed by atoms with E-state index in [2.05, 4.69) is 36.3 Å². The van der Waals surface area contributed by atoms with E-state index in [1.54, 1.807) is 6.26 Å². The molecule has 0 aliphatic rings. The van der Waals surface area contributed by atoms with Gasteiger partial charge in [0.25, 0.3) is 0 Å². The molecular weight excluding hydrogens is 360 g/mol. The largest absolute Gasteiger partial charge is 0.461 e. The zero-order chi connectivity index (χ0) is 19.4. The molecule has 0 radical (unpaired) electrons. The minimum atomic E-state index is -0.0677. The van der Waals surface area contributed by atoms with E-state index >= 15 is 0 Å². The van der Waals surface area contributed by atoms with Crippen molar-refractivity contribution >= 4 is 23.4 Å². The number of thioether (sulfide) groups is 1. The molecule has 27 heavy (non-hydrogen) atoms. The van der Waals surface area contributed by atoms with E-state index < -0.39 is 0 Å². The molecule has 3 rings (SSSR count). The fourth-order valence-electron chi connectivity index (χ4n) is 2.83. The van der Waals surface area contributed by atoms with Gasteiger partial charge in [0.05, 0.1) is 12.0 Å². The second kappa shape index (κ2) is 8.00. The Morgan fingerprint density at radius 1 is 1.19 bits per heavy atom. The highest BCUT2D eigenvalue weighted by molar-refractivity contribution is 7.99. The molecule has 0 atom stereocenters. The molecule has 7 heteroatoms. The third-order valence-electron chi connectivity index (χ3n) is 4.12. The number of nitrogens with zero attached hydrogens (tertiary/aromatic N) is 3. The van der Waals surface area contributed by atoms with Crippen LogP contribution >= 0.6 is 11.8 Å². The maximum atomic E-state index is 12.5. The standard InChI is InChI=1S/C20H24N4O2S/c1-5-24-18(16-11-8-12-26-16)22-23-19(24)27-13-17(25)21-15-10-7-6-9-14(15)20(2,3)4/h6-12H,5,13H2,1-4H3,(H,21,25). The number of amides is 1. The van der Waals surface area contributed by atoms with E-state index in [9.17, 15) is 4.79 Å². The maximum absolute atomic E-state index is 12.5. The average molecular weight is 385 g/mol. The fourth-order valence-corrected chi connectivity index (χ4v) is 3.63. The summed E-state index contributed by atoms with van der Waals surface area (Å²) in [5, 5.41) is 12.1. The Kier molecular flexibility index (Phi) is 5.70. The molecule has 0 saturated heterocycles. The molecule has 0 aliphatic heterocycles. The van der Waals surface area contributed by atoms with Gasteiger partial charge in [0, 0.05) is 12.2 Å².